The average Bonchev–Trinajstić information content (AvgIpc) is 2.57. The van der Waals surface area contributed by atoms with Crippen molar-refractivity contribution in [1.82, 2.24) is 0 Å². The Balaban J connectivity index is 1.94. The molecule has 0 saturated carbocycles. The largest absolute Gasteiger partial charge is 0.453 e. The molecule has 0 amide bonds. The molecule has 27 heavy (non-hydrogen) atoms. The van der Waals surface area contributed by atoms with Crippen molar-refractivity contribution in [2.45, 2.75) is 38.5 Å². The van der Waals surface area contributed by atoms with Crippen molar-refractivity contribution in [2.75, 3.05) is 0 Å². The van der Waals surface area contributed by atoms with Crippen molar-refractivity contribution >= 4 is 45.9 Å². The number of ether oxygens (including phenoxy) is 2. The molecule has 0 radical (unpaired) electrons. The SMILES string of the molecule is CC(OC(=O)CCCC(=O)Oc1c(Cl)cc(Cl)c2ccccc12)C(F)(F)F. The van der Waals surface area contributed by atoms with Crippen LogP contribution in [0, 0.1) is 0 Å². The van der Waals surface area contributed by atoms with E-state index in [1.807, 2.05) is 0 Å². The third kappa shape index (κ3) is 5.74. The van der Waals surface area contributed by atoms with Crippen LogP contribution >= 0.6 is 23.2 Å². The Bertz CT molecular complexity index is 852. The van der Waals surface area contributed by atoms with Gasteiger partial charge in [0.2, 0.25) is 0 Å². The molecular weight excluding hydrogens is 408 g/mol. The molecule has 0 heterocycles. The summed E-state index contributed by atoms with van der Waals surface area (Å²) in [6, 6.07) is 8.37. The highest BCUT2D eigenvalue weighted by atomic mass is 35.5. The van der Waals surface area contributed by atoms with Crippen LogP contribution < -0.4 is 4.74 Å². The van der Waals surface area contributed by atoms with Gasteiger partial charge >= 0.3 is 18.1 Å². The Kier molecular flexibility index (Phi) is 6.95. The van der Waals surface area contributed by atoms with Crippen molar-refractivity contribution in [1.29, 1.82) is 0 Å². The number of alkyl halides is 3. The maximum Gasteiger partial charge on any atom is 0.425 e. The predicted octanol–water partition coefficient (Wildman–Crippen LogP) is 5.72. The number of rotatable bonds is 6. The summed E-state index contributed by atoms with van der Waals surface area (Å²) in [6.07, 6.45) is -7.38. The van der Waals surface area contributed by atoms with E-state index in [0.717, 1.165) is 6.92 Å². The van der Waals surface area contributed by atoms with Crippen LogP contribution in [0.3, 0.4) is 0 Å². The minimum absolute atomic E-state index is 0.0224. The van der Waals surface area contributed by atoms with Gasteiger partial charge in [0.25, 0.3) is 0 Å². The topological polar surface area (TPSA) is 52.6 Å². The molecule has 2 aromatic carbocycles. The van der Waals surface area contributed by atoms with Gasteiger partial charge in [-0.3, -0.25) is 9.59 Å². The fourth-order valence-electron chi connectivity index (χ4n) is 2.24. The number of halogens is 5. The van der Waals surface area contributed by atoms with Crippen molar-refractivity contribution in [3.63, 3.8) is 0 Å². The summed E-state index contributed by atoms with van der Waals surface area (Å²) in [5.41, 5.74) is 0. The van der Waals surface area contributed by atoms with Gasteiger partial charge in [-0.1, -0.05) is 47.5 Å². The Morgan fingerprint density at radius 3 is 2.26 bits per heavy atom. The second kappa shape index (κ2) is 8.80. The van der Waals surface area contributed by atoms with E-state index in [1.165, 1.54) is 6.07 Å². The van der Waals surface area contributed by atoms with Gasteiger partial charge in [-0.2, -0.15) is 13.2 Å². The summed E-state index contributed by atoms with van der Waals surface area (Å²) in [5.74, 6) is -1.58. The highest BCUT2D eigenvalue weighted by Gasteiger charge is 2.39. The first-order chi connectivity index (χ1) is 12.6. The summed E-state index contributed by atoms with van der Waals surface area (Å²) < 4.78 is 46.5. The standard InChI is InChI=1S/C18H15Cl2F3O4/c1-10(18(21,22)23)26-15(24)7-4-8-16(25)27-17-12-6-3-2-5-11(12)13(19)9-14(17)20/h2-3,5-6,9-10H,4,7-8H2,1H3. The monoisotopic (exact) mass is 422 g/mol. The highest BCUT2D eigenvalue weighted by Crippen LogP contribution is 2.38. The zero-order valence-corrected chi connectivity index (χ0v) is 15.6. The molecule has 0 N–H and O–H groups in total. The third-order valence-electron chi connectivity index (χ3n) is 3.65. The summed E-state index contributed by atoms with van der Waals surface area (Å²) in [7, 11) is 0. The van der Waals surface area contributed by atoms with Gasteiger partial charge in [0.15, 0.2) is 11.9 Å². The summed E-state index contributed by atoms with van der Waals surface area (Å²) >= 11 is 12.2. The number of esters is 2. The van der Waals surface area contributed by atoms with Crippen LogP contribution in [0.1, 0.15) is 26.2 Å². The Hall–Kier alpha value is -1.99. The molecule has 9 heteroatoms. The number of fused-ring (bicyclic) bond motifs is 1. The Labute approximate surface area is 163 Å². The lowest BCUT2D eigenvalue weighted by Crippen LogP contribution is -2.30. The van der Waals surface area contributed by atoms with Crippen molar-refractivity contribution in [2.24, 2.45) is 0 Å². The van der Waals surface area contributed by atoms with Gasteiger partial charge in [-0.05, 0) is 19.4 Å². The van der Waals surface area contributed by atoms with Crippen LogP contribution in [0.5, 0.6) is 5.75 Å². The lowest BCUT2D eigenvalue weighted by Gasteiger charge is -2.16. The molecule has 0 aliphatic heterocycles. The quantitative estimate of drug-likeness (QED) is 0.441. The molecule has 4 nitrogen and oxygen atoms in total. The molecule has 0 spiro atoms. The van der Waals surface area contributed by atoms with Gasteiger partial charge < -0.3 is 9.47 Å². The Morgan fingerprint density at radius 2 is 1.63 bits per heavy atom. The predicted molar refractivity (Wildman–Crippen MR) is 95.1 cm³/mol. The van der Waals surface area contributed by atoms with E-state index in [2.05, 4.69) is 4.74 Å². The zero-order valence-electron chi connectivity index (χ0n) is 14.1. The fourth-order valence-corrected chi connectivity index (χ4v) is 2.82. The van der Waals surface area contributed by atoms with Gasteiger partial charge in [0, 0.05) is 23.6 Å². The first-order valence-electron chi connectivity index (χ1n) is 7.93. The fraction of sp³-hybridized carbons (Fsp3) is 0.333. The maximum absolute atomic E-state index is 12.3. The molecule has 2 rings (SSSR count). The van der Waals surface area contributed by atoms with E-state index >= 15 is 0 Å². The molecule has 146 valence electrons. The van der Waals surface area contributed by atoms with Crippen LogP contribution in [0.2, 0.25) is 10.0 Å². The number of hydrogen-bond donors (Lipinski definition) is 0. The van der Waals surface area contributed by atoms with E-state index in [4.69, 9.17) is 27.9 Å². The Morgan fingerprint density at radius 1 is 1.04 bits per heavy atom. The van der Waals surface area contributed by atoms with E-state index in [-0.39, 0.29) is 30.0 Å². The molecule has 0 bridgehead atoms. The van der Waals surface area contributed by atoms with Crippen LogP contribution in [0.15, 0.2) is 30.3 Å². The van der Waals surface area contributed by atoms with Gasteiger partial charge in [-0.25, -0.2) is 0 Å². The molecule has 0 saturated heterocycles. The molecule has 1 atom stereocenters. The molecule has 0 aliphatic carbocycles. The number of carbonyl (C=O) groups excluding carboxylic acids is 2. The van der Waals surface area contributed by atoms with Gasteiger partial charge in [0.05, 0.1) is 10.0 Å². The first kappa shape index (κ1) is 21.3. The van der Waals surface area contributed by atoms with Crippen LogP contribution in [-0.2, 0) is 14.3 Å². The molecule has 0 fully saturated rings. The van der Waals surface area contributed by atoms with Crippen LogP contribution in [0.25, 0.3) is 10.8 Å². The summed E-state index contributed by atoms with van der Waals surface area (Å²) in [4.78, 5) is 23.4. The summed E-state index contributed by atoms with van der Waals surface area (Å²) in [6.45, 7) is 0.736. The minimum atomic E-state index is -4.62. The molecular formula is C18H15Cl2F3O4. The number of hydrogen-bond acceptors (Lipinski definition) is 4. The number of carbonyl (C=O) groups is 2. The highest BCUT2D eigenvalue weighted by molar-refractivity contribution is 6.40. The lowest BCUT2D eigenvalue weighted by molar-refractivity contribution is -0.216. The van der Waals surface area contributed by atoms with Crippen molar-refractivity contribution in [3.05, 3.63) is 40.4 Å². The van der Waals surface area contributed by atoms with Crippen LogP contribution in [0.4, 0.5) is 13.2 Å². The van der Waals surface area contributed by atoms with Crippen molar-refractivity contribution < 1.29 is 32.2 Å². The van der Waals surface area contributed by atoms with E-state index in [0.29, 0.717) is 15.8 Å². The van der Waals surface area contributed by atoms with E-state index in [1.54, 1.807) is 24.3 Å². The third-order valence-corrected chi connectivity index (χ3v) is 4.24. The normalized spacial score (nSPS) is 12.7. The van der Waals surface area contributed by atoms with E-state index in [9.17, 15) is 22.8 Å². The number of benzene rings is 2. The second-order valence-corrected chi connectivity index (χ2v) is 6.53. The van der Waals surface area contributed by atoms with Gasteiger partial charge in [-0.15, -0.1) is 0 Å². The average molecular weight is 423 g/mol. The lowest BCUT2D eigenvalue weighted by atomic mass is 10.1. The molecule has 0 aliphatic rings. The van der Waals surface area contributed by atoms with Crippen LogP contribution in [-0.4, -0.2) is 24.2 Å². The van der Waals surface area contributed by atoms with Gasteiger partial charge in [0.1, 0.15) is 0 Å². The zero-order chi connectivity index (χ0) is 20.2. The molecule has 1 unspecified atom stereocenters. The summed E-state index contributed by atoms with van der Waals surface area (Å²) in [5, 5.41) is 1.74. The maximum atomic E-state index is 12.3. The van der Waals surface area contributed by atoms with Crippen molar-refractivity contribution in [3.8, 4) is 5.75 Å². The molecule has 0 aromatic heterocycles. The minimum Gasteiger partial charge on any atom is -0.453 e. The second-order valence-electron chi connectivity index (χ2n) is 5.72. The van der Waals surface area contributed by atoms with E-state index < -0.39 is 24.2 Å². The molecule has 2 aromatic rings. The smallest absolute Gasteiger partial charge is 0.425 e. The first-order valence-corrected chi connectivity index (χ1v) is 8.68.